The van der Waals surface area contributed by atoms with Gasteiger partial charge in [-0.25, -0.2) is 4.74 Å². The van der Waals surface area contributed by atoms with E-state index >= 15 is 0 Å². The Kier molecular flexibility index (Phi) is 2.49. The Morgan fingerprint density at radius 2 is 2.30 bits per heavy atom. The second kappa shape index (κ2) is 4.04. The summed E-state index contributed by atoms with van der Waals surface area (Å²) in [5, 5.41) is 23.1. The van der Waals surface area contributed by atoms with Gasteiger partial charge in [-0.2, -0.15) is 0 Å². The van der Waals surface area contributed by atoms with Crippen molar-refractivity contribution in [1.82, 2.24) is 4.98 Å². The Morgan fingerprint density at radius 1 is 1.45 bits per heavy atom. The third-order valence-corrected chi connectivity index (χ3v) is 5.68. The number of aliphatic hydroxyl groups is 1. The number of fused-ring (bicyclic) bond motifs is 1. The predicted molar refractivity (Wildman–Crippen MR) is 75.6 cm³/mol. The molecule has 2 heterocycles. The van der Waals surface area contributed by atoms with Crippen molar-refractivity contribution in [3.63, 3.8) is 0 Å². The fourth-order valence-electron chi connectivity index (χ4n) is 4.80. The maximum absolute atomic E-state index is 12.4. The molecule has 0 radical (unpaired) electrons. The van der Waals surface area contributed by atoms with E-state index in [1.54, 1.807) is 0 Å². The second-order valence-corrected chi connectivity index (χ2v) is 6.60. The van der Waals surface area contributed by atoms with Crippen molar-refractivity contribution in [2.45, 2.75) is 44.1 Å². The molecule has 0 bridgehead atoms. The molecule has 1 aromatic heterocycles. The first-order valence-corrected chi connectivity index (χ1v) is 7.58. The van der Waals surface area contributed by atoms with Crippen LogP contribution in [0.25, 0.3) is 0 Å². The van der Waals surface area contributed by atoms with Crippen molar-refractivity contribution in [3.8, 4) is 0 Å². The van der Waals surface area contributed by atoms with Gasteiger partial charge >= 0.3 is 0 Å². The van der Waals surface area contributed by atoms with E-state index < -0.39 is 0 Å². The van der Waals surface area contributed by atoms with Crippen LogP contribution in [0.1, 0.15) is 37.4 Å². The molecule has 0 amide bonds. The predicted octanol–water partition coefficient (Wildman–Crippen LogP) is 1.64. The average Bonchev–Trinajstić information content (AvgIpc) is 2.78. The van der Waals surface area contributed by atoms with Gasteiger partial charge in [-0.15, -0.1) is 0 Å². The first kappa shape index (κ1) is 12.3. The summed E-state index contributed by atoms with van der Waals surface area (Å²) in [6, 6.07) is 4.08. The highest BCUT2D eigenvalue weighted by Crippen LogP contribution is 2.54. The molecule has 1 fully saturated rings. The topological polar surface area (TPSA) is 59.2 Å². The molecule has 1 aliphatic heterocycles. The minimum absolute atomic E-state index is 0.128. The summed E-state index contributed by atoms with van der Waals surface area (Å²) in [5.74, 6) is 0.287. The minimum Gasteiger partial charge on any atom is -0.624 e. The molecule has 1 aromatic rings. The van der Waals surface area contributed by atoms with E-state index in [4.69, 9.17) is 0 Å². The quantitative estimate of drug-likeness (QED) is 0.577. The molecule has 4 nitrogen and oxygen atoms in total. The summed E-state index contributed by atoms with van der Waals surface area (Å²) in [4.78, 5) is 4.51. The van der Waals surface area contributed by atoms with Gasteiger partial charge in [-0.3, -0.25) is 4.98 Å². The van der Waals surface area contributed by atoms with Crippen molar-refractivity contribution in [3.05, 3.63) is 34.8 Å². The normalized spacial score (nSPS) is 39.2. The van der Waals surface area contributed by atoms with Gasteiger partial charge in [0.2, 0.25) is 0 Å². The Hall–Kier alpha value is -1.42. The zero-order valence-corrected chi connectivity index (χ0v) is 11.7. The maximum atomic E-state index is 12.4. The van der Waals surface area contributed by atoms with Crippen LogP contribution in [0.3, 0.4) is 0 Å². The van der Waals surface area contributed by atoms with E-state index in [1.165, 1.54) is 10.3 Å². The van der Waals surface area contributed by atoms with E-state index in [0.717, 1.165) is 37.1 Å². The van der Waals surface area contributed by atoms with Gasteiger partial charge in [-0.05, 0) is 30.4 Å². The summed E-state index contributed by atoms with van der Waals surface area (Å²) >= 11 is 0. The molecule has 1 saturated carbocycles. The van der Waals surface area contributed by atoms with Gasteiger partial charge in [0.25, 0.3) is 0 Å². The summed E-state index contributed by atoms with van der Waals surface area (Å²) < 4.78 is 1.21. The molecule has 2 aliphatic carbocycles. The van der Waals surface area contributed by atoms with E-state index in [9.17, 15) is 10.3 Å². The molecule has 20 heavy (non-hydrogen) atoms. The lowest BCUT2D eigenvalue weighted by Crippen LogP contribution is -2.57. The van der Waals surface area contributed by atoms with Crippen molar-refractivity contribution < 1.29 is 9.85 Å². The smallest absolute Gasteiger partial charge is 0.174 e. The number of aliphatic hydroxyl groups excluding tert-OH is 1. The molecule has 1 N–H and O–H groups in total. The highest BCUT2D eigenvalue weighted by Gasteiger charge is 2.61. The number of hydrogen-bond acceptors (Lipinski definition) is 3. The van der Waals surface area contributed by atoms with Gasteiger partial charge in [0.1, 0.15) is 0 Å². The van der Waals surface area contributed by atoms with Crippen LogP contribution >= 0.6 is 0 Å². The van der Waals surface area contributed by atoms with Crippen LogP contribution in [0.4, 0.5) is 0 Å². The molecule has 4 heteroatoms. The van der Waals surface area contributed by atoms with Crippen molar-refractivity contribution in [1.29, 1.82) is 0 Å². The highest BCUT2D eigenvalue weighted by atomic mass is 16.5. The van der Waals surface area contributed by atoms with Gasteiger partial charge in [-0.1, -0.05) is 13.0 Å². The van der Waals surface area contributed by atoms with Crippen LogP contribution < -0.4 is 0 Å². The molecular weight excluding hydrogens is 252 g/mol. The lowest BCUT2D eigenvalue weighted by Gasteiger charge is -2.46. The molecule has 0 saturated heterocycles. The molecular formula is C16H20N2O2. The fraction of sp³-hybridized carbons (Fsp3) is 0.625. The van der Waals surface area contributed by atoms with Crippen LogP contribution in [-0.2, 0) is 11.8 Å². The van der Waals surface area contributed by atoms with E-state index in [-0.39, 0.29) is 23.4 Å². The Balaban J connectivity index is 1.97. The zero-order chi connectivity index (χ0) is 13.9. The Labute approximate surface area is 118 Å². The van der Waals surface area contributed by atoms with Crippen LogP contribution in [0.2, 0.25) is 0 Å². The van der Waals surface area contributed by atoms with Crippen molar-refractivity contribution in [2.75, 3.05) is 6.54 Å². The molecule has 1 spiro atoms. The fourth-order valence-corrected chi connectivity index (χ4v) is 4.80. The number of nitrogens with zero attached hydrogens (tertiary/aromatic N) is 2. The van der Waals surface area contributed by atoms with Gasteiger partial charge in [0.15, 0.2) is 12.3 Å². The van der Waals surface area contributed by atoms with Gasteiger partial charge in [0.05, 0.1) is 11.5 Å². The zero-order valence-electron chi connectivity index (χ0n) is 11.7. The van der Waals surface area contributed by atoms with Crippen LogP contribution in [0.15, 0.2) is 18.3 Å². The van der Waals surface area contributed by atoms with Crippen LogP contribution in [-0.4, -0.2) is 33.2 Å². The van der Waals surface area contributed by atoms with Gasteiger partial charge in [0, 0.05) is 30.7 Å². The average molecular weight is 272 g/mol. The first-order valence-electron chi connectivity index (χ1n) is 7.58. The Bertz CT molecular complexity index is 598. The number of pyridine rings is 1. The lowest BCUT2D eigenvalue weighted by atomic mass is 9.58. The molecule has 0 unspecified atom stereocenters. The minimum atomic E-state index is -0.334. The monoisotopic (exact) mass is 272 g/mol. The lowest BCUT2D eigenvalue weighted by molar-refractivity contribution is -0.471. The molecule has 4 atom stereocenters. The van der Waals surface area contributed by atoms with E-state index in [2.05, 4.69) is 18.0 Å². The molecule has 106 valence electrons. The summed E-state index contributed by atoms with van der Waals surface area (Å²) in [7, 11) is 0. The largest absolute Gasteiger partial charge is 0.624 e. The molecule has 4 rings (SSSR count). The van der Waals surface area contributed by atoms with E-state index in [1.807, 2.05) is 12.3 Å². The molecule has 3 aliphatic rings. The third-order valence-electron chi connectivity index (χ3n) is 5.68. The molecule has 0 aromatic carbocycles. The summed E-state index contributed by atoms with van der Waals surface area (Å²) in [6.07, 6.45) is 4.89. The third kappa shape index (κ3) is 1.35. The number of rotatable bonds is 0. The SMILES string of the molecule is C[C@H]1CC2=[N+]([O-])CCC[C@]23c2cccnc2C[C@@H]3[C@@H]1O. The highest BCUT2D eigenvalue weighted by molar-refractivity contribution is 5.94. The van der Waals surface area contributed by atoms with Crippen LogP contribution in [0, 0.1) is 17.0 Å². The summed E-state index contributed by atoms with van der Waals surface area (Å²) in [6.45, 7) is 2.66. The number of hydroxylamine groups is 1. The maximum Gasteiger partial charge on any atom is 0.174 e. The Morgan fingerprint density at radius 3 is 3.15 bits per heavy atom. The van der Waals surface area contributed by atoms with Crippen LogP contribution in [0.5, 0.6) is 0 Å². The van der Waals surface area contributed by atoms with Crippen molar-refractivity contribution >= 4 is 5.71 Å². The van der Waals surface area contributed by atoms with E-state index in [0.29, 0.717) is 6.54 Å². The first-order chi connectivity index (χ1) is 9.64. The summed E-state index contributed by atoms with van der Waals surface area (Å²) in [5.41, 5.74) is 3.04. The second-order valence-electron chi connectivity index (χ2n) is 6.60. The number of hydrogen-bond donors (Lipinski definition) is 1. The standard InChI is InChI=1S/C16H20N2O2/c1-10-8-14-16(5-3-7-18(14)20)11-4-2-6-17-13(11)9-12(16)15(10)19/h2,4,6,10,12,15,19H,3,5,7-9H2,1H3/t10-,12+,15+,16+/m0/s1. The number of aromatic nitrogens is 1. The van der Waals surface area contributed by atoms with Gasteiger partial charge < -0.3 is 10.3 Å². The van der Waals surface area contributed by atoms with Crippen molar-refractivity contribution in [2.24, 2.45) is 11.8 Å².